The highest BCUT2D eigenvalue weighted by molar-refractivity contribution is 5.92. The van der Waals surface area contributed by atoms with Gasteiger partial charge in [-0.1, -0.05) is 19.1 Å². The van der Waals surface area contributed by atoms with Gasteiger partial charge in [0.1, 0.15) is 6.07 Å². The van der Waals surface area contributed by atoms with Crippen molar-refractivity contribution in [1.82, 2.24) is 5.32 Å². The third-order valence-corrected chi connectivity index (χ3v) is 2.70. The Kier molecular flexibility index (Phi) is 5.34. The second-order valence-corrected chi connectivity index (χ2v) is 4.32. The van der Waals surface area contributed by atoms with Gasteiger partial charge in [0.25, 0.3) is 0 Å². The van der Waals surface area contributed by atoms with Gasteiger partial charge in [0, 0.05) is 12.5 Å². The molecule has 1 aromatic carbocycles. The van der Waals surface area contributed by atoms with Crippen LogP contribution in [0.25, 0.3) is 0 Å². The molecule has 1 aromatic rings. The number of amides is 1. The van der Waals surface area contributed by atoms with E-state index >= 15 is 0 Å². The number of hydrogen-bond acceptors (Lipinski definition) is 3. The van der Waals surface area contributed by atoms with Crippen LogP contribution in [0.5, 0.6) is 0 Å². The molecular weight excluding hydrogens is 226 g/mol. The molecule has 0 spiro atoms. The fraction of sp³-hybridized carbons (Fsp3) is 0.429. The summed E-state index contributed by atoms with van der Waals surface area (Å²) in [4.78, 5) is 11.8. The van der Waals surface area contributed by atoms with Crippen molar-refractivity contribution in [2.24, 2.45) is 0 Å². The highest BCUT2D eigenvalue weighted by Gasteiger charge is 2.11. The molecule has 1 unspecified atom stereocenters. The van der Waals surface area contributed by atoms with Crippen molar-refractivity contribution in [3.63, 3.8) is 0 Å². The fourth-order valence-electron chi connectivity index (χ4n) is 1.82. The van der Waals surface area contributed by atoms with Crippen LogP contribution in [0.2, 0.25) is 0 Å². The quantitative estimate of drug-likeness (QED) is 0.835. The van der Waals surface area contributed by atoms with Gasteiger partial charge >= 0.3 is 0 Å². The molecule has 1 amide bonds. The van der Waals surface area contributed by atoms with E-state index < -0.39 is 0 Å². The van der Waals surface area contributed by atoms with E-state index in [1.54, 1.807) is 6.07 Å². The van der Waals surface area contributed by atoms with E-state index in [1.807, 2.05) is 32.9 Å². The number of anilines is 1. The van der Waals surface area contributed by atoms with Crippen LogP contribution in [0.1, 0.15) is 31.4 Å². The lowest BCUT2D eigenvalue weighted by molar-refractivity contribution is -0.116. The zero-order valence-corrected chi connectivity index (χ0v) is 11.1. The van der Waals surface area contributed by atoms with E-state index in [0.29, 0.717) is 17.7 Å². The SMILES string of the molecule is CCNC(C)CC(=O)Nc1cccc(C)c1C#N. The van der Waals surface area contributed by atoms with Gasteiger partial charge < -0.3 is 10.6 Å². The molecule has 0 fully saturated rings. The first-order valence-corrected chi connectivity index (χ1v) is 6.11. The summed E-state index contributed by atoms with van der Waals surface area (Å²) in [5, 5.41) is 15.0. The van der Waals surface area contributed by atoms with Gasteiger partial charge in [-0.2, -0.15) is 5.26 Å². The van der Waals surface area contributed by atoms with E-state index in [1.165, 1.54) is 0 Å². The van der Waals surface area contributed by atoms with Gasteiger partial charge in [0.15, 0.2) is 0 Å². The van der Waals surface area contributed by atoms with Crippen LogP contribution in [0.15, 0.2) is 18.2 Å². The van der Waals surface area contributed by atoms with Gasteiger partial charge in [-0.3, -0.25) is 4.79 Å². The molecule has 0 radical (unpaired) electrons. The average molecular weight is 245 g/mol. The Morgan fingerprint density at radius 1 is 1.50 bits per heavy atom. The first-order chi connectivity index (χ1) is 8.58. The van der Waals surface area contributed by atoms with Crippen LogP contribution in [0.4, 0.5) is 5.69 Å². The number of rotatable bonds is 5. The van der Waals surface area contributed by atoms with Crippen LogP contribution >= 0.6 is 0 Å². The fourth-order valence-corrected chi connectivity index (χ4v) is 1.82. The number of aryl methyl sites for hydroxylation is 1. The first kappa shape index (κ1) is 14.2. The van der Waals surface area contributed by atoms with E-state index in [4.69, 9.17) is 5.26 Å². The summed E-state index contributed by atoms with van der Waals surface area (Å²) in [5.41, 5.74) is 1.99. The van der Waals surface area contributed by atoms with E-state index in [-0.39, 0.29) is 11.9 Å². The van der Waals surface area contributed by atoms with E-state index in [2.05, 4.69) is 16.7 Å². The number of benzene rings is 1. The van der Waals surface area contributed by atoms with Gasteiger partial charge in [0.2, 0.25) is 5.91 Å². The molecule has 1 rings (SSSR count). The Morgan fingerprint density at radius 3 is 2.83 bits per heavy atom. The molecule has 96 valence electrons. The monoisotopic (exact) mass is 245 g/mol. The second kappa shape index (κ2) is 6.77. The summed E-state index contributed by atoms with van der Waals surface area (Å²) in [6.45, 7) is 6.66. The van der Waals surface area contributed by atoms with Crippen molar-refractivity contribution in [3.8, 4) is 6.07 Å². The minimum atomic E-state index is -0.0782. The average Bonchev–Trinajstić information content (AvgIpc) is 2.29. The van der Waals surface area contributed by atoms with Crippen molar-refractivity contribution in [2.45, 2.75) is 33.2 Å². The topological polar surface area (TPSA) is 64.9 Å². The molecule has 4 nitrogen and oxygen atoms in total. The summed E-state index contributed by atoms with van der Waals surface area (Å²) in [6.07, 6.45) is 0.395. The number of carbonyl (C=O) groups is 1. The third kappa shape index (κ3) is 3.86. The lowest BCUT2D eigenvalue weighted by Crippen LogP contribution is -2.30. The Bertz CT molecular complexity index is 463. The number of nitrogens with one attached hydrogen (secondary N) is 2. The van der Waals surface area contributed by atoms with Crippen LogP contribution in [-0.4, -0.2) is 18.5 Å². The number of nitriles is 1. The number of carbonyl (C=O) groups excluding carboxylic acids is 1. The Morgan fingerprint density at radius 2 is 2.22 bits per heavy atom. The minimum Gasteiger partial charge on any atom is -0.325 e. The van der Waals surface area contributed by atoms with Crippen LogP contribution in [0.3, 0.4) is 0 Å². The molecule has 0 bridgehead atoms. The van der Waals surface area contributed by atoms with Crippen molar-refractivity contribution < 1.29 is 4.79 Å². The molecule has 0 saturated heterocycles. The molecule has 0 aliphatic carbocycles. The standard InChI is InChI=1S/C14H19N3O/c1-4-16-11(3)8-14(18)17-13-7-5-6-10(2)12(13)9-15/h5-7,11,16H,4,8H2,1-3H3,(H,17,18). The van der Waals surface area contributed by atoms with Crippen LogP contribution in [-0.2, 0) is 4.79 Å². The van der Waals surface area contributed by atoms with E-state index in [0.717, 1.165) is 12.1 Å². The zero-order valence-electron chi connectivity index (χ0n) is 11.1. The molecule has 0 aliphatic heterocycles. The molecule has 18 heavy (non-hydrogen) atoms. The summed E-state index contributed by atoms with van der Waals surface area (Å²) >= 11 is 0. The van der Waals surface area contributed by atoms with E-state index in [9.17, 15) is 4.79 Å². The highest BCUT2D eigenvalue weighted by Crippen LogP contribution is 2.18. The molecule has 4 heteroatoms. The molecule has 0 aliphatic rings. The molecule has 1 atom stereocenters. The summed E-state index contributed by atoms with van der Waals surface area (Å²) in [5.74, 6) is -0.0782. The largest absolute Gasteiger partial charge is 0.325 e. The lowest BCUT2D eigenvalue weighted by Gasteiger charge is -2.13. The molecule has 0 saturated carbocycles. The highest BCUT2D eigenvalue weighted by atomic mass is 16.1. The third-order valence-electron chi connectivity index (χ3n) is 2.70. The first-order valence-electron chi connectivity index (χ1n) is 6.11. The predicted octanol–water partition coefficient (Wildman–Crippen LogP) is 2.19. The minimum absolute atomic E-state index is 0.0782. The van der Waals surface area contributed by atoms with Crippen LogP contribution in [0, 0.1) is 18.3 Å². The summed E-state index contributed by atoms with van der Waals surface area (Å²) in [7, 11) is 0. The summed E-state index contributed by atoms with van der Waals surface area (Å²) < 4.78 is 0. The Hall–Kier alpha value is -1.86. The van der Waals surface area contributed by atoms with Gasteiger partial charge in [-0.15, -0.1) is 0 Å². The van der Waals surface area contributed by atoms with Gasteiger partial charge in [-0.25, -0.2) is 0 Å². The lowest BCUT2D eigenvalue weighted by atomic mass is 10.1. The van der Waals surface area contributed by atoms with Crippen molar-refractivity contribution in [2.75, 3.05) is 11.9 Å². The Labute approximate surface area is 108 Å². The van der Waals surface area contributed by atoms with Gasteiger partial charge in [0.05, 0.1) is 11.3 Å². The smallest absolute Gasteiger partial charge is 0.225 e. The van der Waals surface area contributed by atoms with Crippen LogP contribution < -0.4 is 10.6 Å². The molecule has 2 N–H and O–H groups in total. The predicted molar refractivity (Wildman–Crippen MR) is 72.3 cm³/mol. The van der Waals surface area contributed by atoms with Crippen molar-refractivity contribution in [1.29, 1.82) is 5.26 Å². The number of nitrogens with zero attached hydrogens (tertiary/aromatic N) is 1. The normalized spacial score (nSPS) is 11.7. The molecule has 0 aromatic heterocycles. The molecular formula is C14H19N3O. The second-order valence-electron chi connectivity index (χ2n) is 4.32. The number of hydrogen-bond donors (Lipinski definition) is 2. The maximum Gasteiger partial charge on any atom is 0.225 e. The Balaban J connectivity index is 2.71. The maximum atomic E-state index is 11.8. The van der Waals surface area contributed by atoms with Crippen molar-refractivity contribution >= 4 is 11.6 Å². The summed E-state index contributed by atoms with van der Waals surface area (Å²) in [6, 6.07) is 7.69. The maximum absolute atomic E-state index is 11.8. The zero-order chi connectivity index (χ0) is 13.5. The van der Waals surface area contributed by atoms with Crippen molar-refractivity contribution in [3.05, 3.63) is 29.3 Å². The van der Waals surface area contributed by atoms with Gasteiger partial charge in [-0.05, 0) is 32.0 Å². The molecule has 0 heterocycles.